The SMILES string of the molecule is CCNCc1nc(COC2CCC(C)(C)CC2)cs1. The van der Waals surface area contributed by atoms with Gasteiger partial charge < -0.3 is 10.1 Å². The van der Waals surface area contributed by atoms with Gasteiger partial charge >= 0.3 is 0 Å². The first kappa shape index (κ1) is 14.9. The van der Waals surface area contributed by atoms with Crippen LogP contribution >= 0.6 is 11.3 Å². The summed E-state index contributed by atoms with van der Waals surface area (Å²) in [7, 11) is 0. The third-order valence-corrected chi connectivity index (χ3v) is 4.78. The molecule has 0 bridgehead atoms. The van der Waals surface area contributed by atoms with Gasteiger partial charge in [-0.25, -0.2) is 4.98 Å². The van der Waals surface area contributed by atoms with Gasteiger partial charge in [-0.05, 0) is 37.6 Å². The van der Waals surface area contributed by atoms with Crippen molar-refractivity contribution < 1.29 is 4.74 Å². The fraction of sp³-hybridized carbons (Fsp3) is 0.800. The van der Waals surface area contributed by atoms with Crippen molar-refractivity contribution in [2.75, 3.05) is 6.54 Å². The van der Waals surface area contributed by atoms with Gasteiger partial charge in [0.25, 0.3) is 0 Å². The number of hydrogen-bond donors (Lipinski definition) is 1. The van der Waals surface area contributed by atoms with Gasteiger partial charge in [-0.15, -0.1) is 11.3 Å². The highest BCUT2D eigenvalue weighted by Crippen LogP contribution is 2.36. The average Bonchev–Trinajstić information content (AvgIpc) is 2.83. The third kappa shape index (κ3) is 4.86. The van der Waals surface area contributed by atoms with Gasteiger partial charge in [-0.2, -0.15) is 0 Å². The molecule has 2 rings (SSSR count). The lowest BCUT2D eigenvalue weighted by molar-refractivity contribution is -0.00674. The summed E-state index contributed by atoms with van der Waals surface area (Å²) >= 11 is 1.72. The van der Waals surface area contributed by atoms with Crippen molar-refractivity contribution in [3.8, 4) is 0 Å². The van der Waals surface area contributed by atoms with Crippen LogP contribution < -0.4 is 5.32 Å². The van der Waals surface area contributed by atoms with Crippen LogP contribution in [0, 0.1) is 5.41 Å². The predicted octanol–water partition coefficient (Wildman–Crippen LogP) is 3.74. The molecule has 0 aliphatic heterocycles. The molecule has 1 saturated carbocycles. The molecule has 0 amide bonds. The minimum Gasteiger partial charge on any atom is -0.372 e. The zero-order chi connectivity index (χ0) is 13.7. The average molecular weight is 282 g/mol. The lowest BCUT2D eigenvalue weighted by Crippen LogP contribution is -2.26. The largest absolute Gasteiger partial charge is 0.372 e. The van der Waals surface area contributed by atoms with E-state index < -0.39 is 0 Å². The summed E-state index contributed by atoms with van der Waals surface area (Å²) in [6.45, 7) is 9.37. The zero-order valence-corrected chi connectivity index (χ0v) is 13.2. The molecular formula is C15H26N2OS. The van der Waals surface area contributed by atoms with Crippen molar-refractivity contribution in [3.05, 3.63) is 16.1 Å². The number of nitrogens with one attached hydrogen (secondary N) is 1. The maximum atomic E-state index is 6.00. The summed E-state index contributed by atoms with van der Waals surface area (Å²) in [6.07, 6.45) is 5.38. The fourth-order valence-corrected chi connectivity index (χ4v) is 3.22. The summed E-state index contributed by atoms with van der Waals surface area (Å²) in [5.74, 6) is 0. The molecule has 0 aromatic carbocycles. The minimum absolute atomic E-state index is 0.437. The zero-order valence-electron chi connectivity index (χ0n) is 12.4. The van der Waals surface area contributed by atoms with Crippen LogP contribution in [0.4, 0.5) is 0 Å². The Labute approximate surface area is 120 Å². The second-order valence-corrected chi connectivity index (χ2v) is 7.13. The summed E-state index contributed by atoms with van der Waals surface area (Å²) in [6, 6.07) is 0. The van der Waals surface area contributed by atoms with Gasteiger partial charge in [0.15, 0.2) is 0 Å². The van der Waals surface area contributed by atoms with Crippen LogP contribution in [0.25, 0.3) is 0 Å². The Balaban J connectivity index is 1.72. The Morgan fingerprint density at radius 2 is 2.16 bits per heavy atom. The molecule has 4 heteroatoms. The molecule has 1 heterocycles. The van der Waals surface area contributed by atoms with E-state index in [-0.39, 0.29) is 0 Å². The first-order chi connectivity index (χ1) is 9.09. The molecular weight excluding hydrogens is 256 g/mol. The molecule has 108 valence electrons. The molecule has 0 radical (unpaired) electrons. The van der Waals surface area contributed by atoms with Crippen LogP contribution in [0.1, 0.15) is 57.2 Å². The summed E-state index contributed by atoms with van der Waals surface area (Å²) in [4.78, 5) is 4.59. The third-order valence-electron chi connectivity index (χ3n) is 3.88. The van der Waals surface area contributed by atoms with Crippen LogP contribution in [0.5, 0.6) is 0 Å². The molecule has 19 heavy (non-hydrogen) atoms. The first-order valence-corrected chi connectivity index (χ1v) is 8.22. The number of hydrogen-bond acceptors (Lipinski definition) is 4. The second-order valence-electron chi connectivity index (χ2n) is 6.19. The van der Waals surface area contributed by atoms with Gasteiger partial charge in [0, 0.05) is 11.9 Å². The van der Waals surface area contributed by atoms with Crippen molar-refractivity contribution in [3.63, 3.8) is 0 Å². The quantitative estimate of drug-likeness (QED) is 0.863. The molecule has 1 aromatic rings. The Morgan fingerprint density at radius 3 is 2.84 bits per heavy atom. The van der Waals surface area contributed by atoms with E-state index in [0.29, 0.717) is 18.1 Å². The molecule has 1 N–H and O–H groups in total. The highest BCUT2D eigenvalue weighted by atomic mass is 32.1. The van der Waals surface area contributed by atoms with Crippen molar-refractivity contribution in [1.29, 1.82) is 0 Å². The number of rotatable bonds is 6. The molecule has 3 nitrogen and oxygen atoms in total. The molecule has 1 fully saturated rings. The minimum atomic E-state index is 0.437. The van der Waals surface area contributed by atoms with Gasteiger partial charge in [-0.3, -0.25) is 0 Å². The van der Waals surface area contributed by atoms with E-state index in [2.05, 4.69) is 36.5 Å². The van der Waals surface area contributed by atoms with Crippen molar-refractivity contribution in [2.24, 2.45) is 5.41 Å². The van der Waals surface area contributed by atoms with Crippen molar-refractivity contribution in [2.45, 2.75) is 65.7 Å². The lowest BCUT2D eigenvalue weighted by Gasteiger charge is -2.34. The van der Waals surface area contributed by atoms with Crippen LogP contribution in [-0.2, 0) is 17.9 Å². The highest BCUT2D eigenvalue weighted by molar-refractivity contribution is 7.09. The second kappa shape index (κ2) is 6.82. The lowest BCUT2D eigenvalue weighted by atomic mass is 9.76. The Hall–Kier alpha value is -0.450. The molecule has 0 saturated heterocycles. The normalized spacial score (nSPS) is 19.7. The topological polar surface area (TPSA) is 34.2 Å². The van der Waals surface area contributed by atoms with Crippen LogP contribution in [-0.4, -0.2) is 17.6 Å². The Kier molecular flexibility index (Phi) is 5.37. The molecule has 0 unspecified atom stereocenters. The fourth-order valence-electron chi connectivity index (χ4n) is 2.47. The van der Waals surface area contributed by atoms with Crippen LogP contribution in [0.3, 0.4) is 0 Å². The smallest absolute Gasteiger partial charge is 0.107 e. The molecule has 1 aliphatic rings. The number of thiazole rings is 1. The van der Waals surface area contributed by atoms with Gasteiger partial charge in [0.05, 0.1) is 18.4 Å². The van der Waals surface area contributed by atoms with Crippen molar-refractivity contribution >= 4 is 11.3 Å². The van der Waals surface area contributed by atoms with Gasteiger partial charge in [-0.1, -0.05) is 20.8 Å². The number of nitrogens with zero attached hydrogens (tertiary/aromatic N) is 1. The molecule has 1 aromatic heterocycles. The number of ether oxygens (including phenoxy) is 1. The van der Waals surface area contributed by atoms with E-state index in [1.165, 1.54) is 25.7 Å². The highest BCUT2D eigenvalue weighted by Gasteiger charge is 2.27. The van der Waals surface area contributed by atoms with E-state index >= 15 is 0 Å². The van der Waals surface area contributed by atoms with Gasteiger partial charge in [0.1, 0.15) is 5.01 Å². The first-order valence-electron chi connectivity index (χ1n) is 7.35. The van der Waals surface area contributed by atoms with E-state index in [1.807, 2.05) is 0 Å². The van der Waals surface area contributed by atoms with E-state index in [4.69, 9.17) is 4.74 Å². The summed E-state index contributed by atoms with van der Waals surface area (Å²) < 4.78 is 6.00. The summed E-state index contributed by atoms with van der Waals surface area (Å²) in [5.41, 5.74) is 1.60. The Bertz CT molecular complexity index is 379. The van der Waals surface area contributed by atoms with E-state index in [0.717, 1.165) is 23.8 Å². The maximum absolute atomic E-state index is 6.00. The monoisotopic (exact) mass is 282 g/mol. The van der Waals surface area contributed by atoms with Crippen molar-refractivity contribution in [1.82, 2.24) is 10.3 Å². The van der Waals surface area contributed by atoms with E-state index in [1.54, 1.807) is 11.3 Å². The van der Waals surface area contributed by atoms with Crippen LogP contribution in [0.15, 0.2) is 5.38 Å². The van der Waals surface area contributed by atoms with Gasteiger partial charge in [0.2, 0.25) is 0 Å². The standard InChI is InChI=1S/C15H26N2OS/c1-4-16-9-14-17-12(11-19-14)10-18-13-5-7-15(2,3)8-6-13/h11,13,16H,4-10H2,1-3H3. The number of aromatic nitrogens is 1. The van der Waals surface area contributed by atoms with Crippen LogP contribution in [0.2, 0.25) is 0 Å². The maximum Gasteiger partial charge on any atom is 0.107 e. The van der Waals surface area contributed by atoms with E-state index in [9.17, 15) is 0 Å². The summed E-state index contributed by atoms with van der Waals surface area (Å²) in [5, 5.41) is 6.58. The molecule has 1 aliphatic carbocycles. The predicted molar refractivity (Wildman–Crippen MR) is 80.3 cm³/mol. The molecule has 0 atom stereocenters. The molecule has 0 spiro atoms. The Morgan fingerprint density at radius 1 is 1.42 bits per heavy atom.